The molecule has 0 amide bonds. The van der Waals surface area contributed by atoms with Gasteiger partial charge in [0.25, 0.3) is 0 Å². The van der Waals surface area contributed by atoms with Crippen molar-refractivity contribution in [2.24, 2.45) is 16.7 Å². The van der Waals surface area contributed by atoms with Gasteiger partial charge in [-0.1, -0.05) is 19.9 Å². The topological polar surface area (TPSA) is 88.1 Å². The van der Waals surface area contributed by atoms with Crippen molar-refractivity contribution in [1.29, 1.82) is 0 Å². The van der Waals surface area contributed by atoms with E-state index >= 15 is 0 Å². The quantitative estimate of drug-likeness (QED) is 0.312. The molecule has 27 heavy (non-hydrogen) atoms. The first-order valence-electron chi connectivity index (χ1n) is 9.30. The fourth-order valence-electron chi connectivity index (χ4n) is 4.48. The zero-order valence-electron chi connectivity index (χ0n) is 16.8. The Kier molecular flexibility index (Phi) is 6.35. The second kappa shape index (κ2) is 8.00. The predicted octanol–water partition coefficient (Wildman–Crippen LogP) is 2.42. The molecule has 1 saturated carbocycles. The Labute approximate surface area is 160 Å². The third kappa shape index (κ3) is 4.18. The number of hydrogen-bond acceptors (Lipinski definition) is 7. The zero-order valence-corrected chi connectivity index (χ0v) is 16.8. The molecule has 152 valence electrons. The smallest absolute Gasteiger partial charge is 0.330 e. The lowest BCUT2D eigenvalue weighted by Crippen LogP contribution is -2.54. The molecular weight excluding hydrogens is 352 g/mol. The van der Waals surface area contributed by atoms with E-state index in [1.165, 1.54) is 20.3 Å². The van der Waals surface area contributed by atoms with Gasteiger partial charge in [-0.25, -0.2) is 4.79 Å². The standard InChI is InChI=1S/C20H30O7/c1-6-26-15(21)8-7-14-9-10-19(16(22)24-4,17(23)25-5)12-20(14)11-18(2,3)13-27-20/h7-8,14H,6,9-13H2,1-5H3/b8-7+/t14-,20-/m0/s1. The van der Waals surface area contributed by atoms with E-state index in [1.807, 2.05) is 0 Å². The number of ether oxygens (including phenoxy) is 4. The van der Waals surface area contributed by atoms with E-state index in [1.54, 1.807) is 13.0 Å². The van der Waals surface area contributed by atoms with Crippen LogP contribution < -0.4 is 0 Å². The van der Waals surface area contributed by atoms with E-state index in [4.69, 9.17) is 18.9 Å². The highest BCUT2D eigenvalue weighted by atomic mass is 16.5. The lowest BCUT2D eigenvalue weighted by atomic mass is 9.60. The average Bonchev–Trinajstić information content (AvgIpc) is 2.94. The molecule has 0 radical (unpaired) electrons. The van der Waals surface area contributed by atoms with Crippen molar-refractivity contribution in [3.8, 4) is 0 Å². The maximum Gasteiger partial charge on any atom is 0.330 e. The molecule has 0 N–H and O–H groups in total. The van der Waals surface area contributed by atoms with Gasteiger partial charge in [-0.05, 0) is 31.6 Å². The minimum atomic E-state index is -1.39. The van der Waals surface area contributed by atoms with E-state index in [0.717, 1.165) is 0 Å². The SMILES string of the molecule is CCOC(=O)/C=C/[C@H]1CCC(C(=O)OC)(C(=O)OC)C[C@@]12CC(C)(C)CO2. The van der Waals surface area contributed by atoms with Crippen LogP contribution in [0.3, 0.4) is 0 Å². The summed E-state index contributed by atoms with van der Waals surface area (Å²) in [6.07, 6.45) is 4.80. The molecular formula is C20H30O7. The van der Waals surface area contributed by atoms with Crippen LogP contribution in [-0.4, -0.2) is 50.9 Å². The van der Waals surface area contributed by atoms with E-state index in [9.17, 15) is 14.4 Å². The summed E-state index contributed by atoms with van der Waals surface area (Å²) in [5.74, 6) is -1.74. The van der Waals surface area contributed by atoms with Gasteiger partial charge >= 0.3 is 17.9 Å². The average molecular weight is 382 g/mol. The van der Waals surface area contributed by atoms with Gasteiger partial charge in [0.15, 0.2) is 5.41 Å². The van der Waals surface area contributed by atoms with Crippen LogP contribution in [0.15, 0.2) is 12.2 Å². The van der Waals surface area contributed by atoms with Crippen molar-refractivity contribution < 1.29 is 33.3 Å². The number of carbonyl (C=O) groups is 3. The van der Waals surface area contributed by atoms with Crippen LogP contribution in [0.2, 0.25) is 0 Å². The molecule has 2 aliphatic rings. The molecule has 1 saturated heterocycles. The maximum atomic E-state index is 12.6. The Morgan fingerprint density at radius 2 is 1.74 bits per heavy atom. The van der Waals surface area contributed by atoms with E-state index in [2.05, 4.69) is 13.8 Å². The first kappa shape index (κ1) is 21.4. The number of hydrogen-bond donors (Lipinski definition) is 0. The molecule has 2 fully saturated rings. The van der Waals surface area contributed by atoms with Gasteiger partial charge in [0.1, 0.15) is 0 Å². The molecule has 1 spiro atoms. The van der Waals surface area contributed by atoms with Crippen LogP contribution in [0.1, 0.15) is 46.5 Å². The molecule has 1 aliphatic carbocycles. The Bertz CT molecular complexity index is 606. The summed E-state index contributed by atoms with van der Waals surface area (Å²) in [5.41, 5.74) is -2.24. The molecule has 0 bridgehead atoms. The number of methoxy groups -OCH3 is 2. The van der Waals surface area contributed by atoms with Crippen LogP contribution in [-0.2, 0) is 33.3 Å². The molecule has 0 aromatic carbocycles. The van der Waals surface area contributed by atoms with Crippen molar-refractivity contribution in [2.75, 3.05) is 27.4 Å². The second-order valence-electron chi connectivity index (χ2n) is 8.19. The van der Waals surface area contributed by atoms with Gasteiger partial charge in [-0.3, -0.25) is 9.59 Å². The molecule has 1 heterocycles. The monoisotopic (exact) mass is 382 g/mol. The van der Waals surface area contributed by atoms with E-state index in [-0.39, 0.29) is 24.2 Å². The third-order valence-corrected chi connectivity index (χ3v) is 5.59. The Morgan fingerprint density at radius 1 is 1.11 bits per heavy atom. The van der Waals surface area contributed by atoms with Crippen LogP contribution >= 0.6 is 0 Å². The molecule has 0 unspecified atom stereocenters. The lowest BCUT2D eigenvalue weighted by molar-refractivity contribution is -0.183. The molecule has 2 atom stereocenters. The van der Waals surface area contributed by atoms with Crippen LogP contribution in [0.5, 0.6) is 0 Å². The molecule has 7 nitrogen and oxygen atoms in total. The summed E-state index contributed by atoms with van der Waals surface area (Å²) < 4.78 is 21.1. The number of rotatable bonds is 5. The summed E-state index contributed by atoms with van der Waals surface area (Å²) in [6, 6.07) is 0. The minimum Gasteiger partial charge on any atom is -0.468 e. The first-order valence-corrected chi connectivity index (χ1v) is 9.30. The van der Waals surface area contributed by atoms with Crippen LogP contribution in [0, 0.1) is 16.7 Å². The summed E-state index contributed by atoms with van der Waals surface area (Å²) in [4.78, 5) is 36.9. The van der Waals surface area contributed by atoms with Gasteiger partial charge < -0.3 is 18.9 Å². The minimum absolute atomic E-state index is 0.106. The Balaban J connectivity index is 2.39. The third-order valence-electron chi connectivity index (χ3n) is 5.59. The lowest BCUT2D eigenvalue weighted by Gasteiger charge is -2.46. The van der Waals surface area contributed by atoms with E-state index in [0.29, 0.717) is 26.1 Å². The second-order valence-corrected chi connectivity index (χ2v) is 8.19. The van der Waals surface area contributed by atoms with Crippen molar-refractivity contribution in [3.05, 3.63) is 12.2 Å². The van der Waals surface area contributed by atoms with Gasteiger partial charge in [-0.2, -0.15) is 0 Å². The van der Waals surface area contributed by atoms with Gasteiger partial charge in [-0.15, -0.1) is 0 Å². The number of carbonyl (C=O) groups excluding carboxylic acids is 3. The van der Waals surface area contributed by atoms with Crippen molar-refractivity contribution >= 4 is 17.9 Å². The molecule has 7 heteroatoms. The van der Waals surface area contributed by atoms with Gasteiger partial charge in [0.2, 0.25) is 0 Å². The van der Waals surface area contributed by atoms with E-state index < -0.39 is 28.9 Å². The summed E-state index contributed by atoms with van der Waals surface area (Å²) in [5, 5.41) is 0. The zero-order chi connectivity index (χ0) is 20.3. The Hall–Kier alpha value is -1.89. The summed E-state index contributed by atoms with van der Waals surface area (Å²) >= 11 is 0. The highest BCUT2D eigenvalue weighted by Gasteiger charge is 2.62. The summed E-state index contributed by atoms with van der Waals surface area (Å²) in [6.45, 7) is 6.73. The molecule has 0 aromatic rings. The van der Waals surface area contributed by atoms with Gasteiger partial charge in [0, 0.05) is 18.4 Å². The highest BCUT2D eigenvalue weighted by molar-refractivity contribution is 6.00. The Morgan fingerprint density at radius 3 is 2.22 bits per heavy atom. The van der Waals surface area contributed by atoms with Gasteiger partial charge in [0.05, 0.1) is 33.0 Å². The predicted molar refractivity (Wildman–Crippen MR) is 96.7 cm³/mol. The van der Waals surface area contributed by atoms with Crippen molar-refractivity contribution in [2.45, 2.75) is 52.1 Å². The normalized spacial score (nSPS) is 28.9. The fourth-order valence-corrected chi connectivity index (χ4v) is 4.48. The molecule has 1 aliphatic heterocycles. The first-order chi connectivity index (χ1) is 12.6. The van der Waals surface area contributed by atoms with Crippen LogP contribution in [0.4, 0.5) is 0 Å². The molecule has 0 aromatic heterocycles. The molecule has 2 rings (SSSR count). The van der Waals surface area contributed by atoms with Crippen molar-refractivity contribution in [3.63, 3.8) is 0 Å². The highest BCUT2D eigenvalue weighted by Crippen LogP contribution is 2.56. The fraction of sp³-hybridized carbons (Fsp3) is 0.750. The van der Waals surface area contributed by atoms with Crippen molar-refractivity contribution in [1.82, 2.24) is 0 Å². The largest absolute Gasteiger partial charge is 0.468 e. The maximum absolute atomic E-state index is 12.6. The number of esters is 3. The van der Waals surface area contributed by atoms with Crippen LogP contribution in [0.25, 0.3) is 0 Å². The summed E-state index contributed by atoms with van der Waals surface area (Å²) in [7, 11) is 2.54.